The lowest BCUT2D eigenvalue weighted by Crippen LogP contribution is -2.20. The normalized spacial score (nSPS) is 21.4. The van der Waals surface area contributed by atoms with Gasteiger partial charge >= 0.3 is 5.97 Å². The van der Waals surface area contributed by atoms with Gasteiger partial charge in [-0.3, -0.25) is 9.79 Å². The first-order valence-electron chi connectivity index (χ1n) is 5.43. The standard InChI is InChI=1S/C12H11NO4/c14-12(15)8-3-4-13-11(8)7-1-2-9-10(5-7)17-6-16-9/h1-2,5,8H,3-4,6H2,(H,14,15). The summed E-state index contributed by atoms with van der Waals surface area (Å²) in [7, 11) is 0. The van der Waals surface area contributed by atoms with Gasteiger partial charge < -0.3 is 14.6 Å². The fourth-order valence-corrected chi connectivity index (χ4v) is 2.15. The molecule has 0 bridgehead atoms. The lowest BCUT2D eigenvalue weighted by Gasteiger charge is -2.08. The van der Waals surface area contributed by atoms with Crippen LogP contribution < -0.4 is 9.47 Å². The fourth-order valence-electron chi connectivity index (χ4n) is 2.15. The van der Waals surface area contributed by atoms with Crippen LogP contribution in [-0.4, -0.2) is 30.1 Å². The number of rotatable bonds is 2. The van der Waals surface area contributed by atoms with E-state index in [0.29, 0.717) is 30.2 Å². The van der Waals surface area contributed by atoms with Crippen LogP contribution in [0.2, 0.25) is 0 Å². The predicted octanol–water partition coefficient (Wildman–Crippen LogP) is 1.31. The summed E-state index contributed by atoms with van der Waals surface area (Å²) in [6.07, 6.45) is 0.569. The van der Waals surface area contributed by atoms with Crippen molar-refractivity contribution in [3.63, 3.8) is 0 Å². The Balaban J connectivity index is 1.97. The van der Waals surface area contributed by atoms with Crippen molar-refractivity contribution in [1.82, 2.24) is 0 Å². The Bertz CT molecular complexity index is 509. The lowest BCUT2D eigenvalue weighted by atomic mass is 9.96. The van der Waals surface area contributed by atoms with Gasteiger partial charge in [-0.1, -0.05) is 0 Å². The molecule has 5 nitrogen and oxygen atoms in total. The molecule has 88 valence electrons. The average Bonchev–Trinajstić information content (AvgIpc) is 2.96. The van der Waals surface area contributed by atoms with Crippen molar-refractivity contribution in [2.24, 2.45) is 10.9 Å². The summed E-state index contributed by atoms with van der Waals surface area (Å²) in [5, 5.41) is 9.10. The van der Waals surface area contributed by atoms with Crippen LogP contribution in [-0.2, 0) is 4.79 Å². The number of benzene rings is 1. The van der Waals surface area contributed by atoms with Crippen molar-refractivity contribution in [3.8, 4) is 11.5 Å². The molecule has 0 fully saturated rings. The highest BCUT2D eigenvalue weighted by Gasteiger charge is 2.29. The average molecular weight is 233 g/mol. The maximum absolute atomic E-state index is 11.1. The van der Waals surface area contributed by atoms with E-state index in [-0.39, 0.29) is 6.79 Å². The smallest absolute Gasteiger partial charge is 0.312 e. The SMILES string of the molecule is O=C(O)C1CCN=C1c1ccc2c(c1)OCO2. The van der Waals surface area contributed by atoms with Gasteiger partial charge in [0.1, 0.15) is 5.92 Å². The molecule has 1 unspecified atom stereocenters. The third-order valence-electron chi connectivity index (χ3n) is 3.00. The third-order valence-corrected chi connectivity index (χ3v) is 3.00. The van der Waals surface area contributed by atoms with E-state index in [1.165, 1.54) is 0 Å². The molecule has 0 saturated heterocycles. The second-order valence-electron chi connectivity index (χ2n) is 4.01. The highest BCUT2D eigenvalue weighted by atomic mass is 16.7. The minimum Gasteiger partial charge on any atom is -0.481 e. The van der Waals surface area contributed by atoms with E-state index in [0.717, 1.165) is 5.56 Å². The van der Waals surface area contributed by atoms with Gasteiger partial charge in [0.2, 0.25) is 6.79 Å². The number of carbonyl (C=O) groups is 1. The number of aliphatic imine (C=N–C) groups is 1. The number of nitrogens with zero attached hydrogens (tertiary/aromatic N) is 1. The van der Waals surface area contributed by atoms with Gasteiger partial charge in [-0.2, -0.15) is 0 Å². The maximum atomic E-state index is 11.1. The van der Waals surface area contributed by atoms with Crippen molar-refractivity contribution in [2.75, 3.05) is 13.3 Å². The molecular weight excluding hydrogens is 222 g/mol. The Morgan fingerprint density at radius 1 is 1.35 bits per heavy atom. The molecule has 0 spiro atoms. The van der Waals surface area contributed by atoms with Gasteiger partial charge in [0, 0.05) is 12.1 Å². The Morgan fingerprint density at radius 3 is 3.00 bits per heavy atom. The molecule has 17 heavy (non-hydrogen) atoms. The zero-order valence-electron chi connectivity index (χ0n) is 9.05. The number of aliphatic carboxylic acids is 1. The highest BCUT2D eigenvalue weighted by Crippen LogP contribution is 2.34. The lowest BCUT2D eigenvalue weighted by molar-refractivity contribution is -0.139. The van der Waals surface area contributed by atoms with Crippen LogP contribution in [0, 0.1) is 5.92 Å². The van der Waals surface area contributed by atoms with Gasteiger partial charge in [-0.25, -0.2) is 0 Å². The van der Waals surface area contributed by atoms with E-state index in [2.05, 4.69) is 4.99 Å². The summed E-state index contributed by atoms with van der Waals surface area (Å²) in [6.45, 7) is 0.786. The number of fused-ring (bicyclic) bond motifs is 1. The van der Waals surface area contributed by atoms with Crippen molar-refractivity contribution >= 4 is 11.7 Å². The number of carboxylic acid groups (broad SMARTS) is 1. The van der Waals surface area contributed by atoms with Crippen LogP contribution in [0.15, 0.2) is 23.2 Å². The van der Waals surface area contributed by atoms with Gasteiger partial charge in [0.25, 0.3) is 0 Å². The quantitative estimate of drug-likeness (QED) is 0.836. The van der Waals surface area contributed by atoms with E-state index in [4.69, 9.17) is 14.6 Å². The van der Waals surface area contributed by atoms with Crippen LogP contribution in [0.5, 0.6) is 11.5 Å². The molecule has 2 aliphatic heterocycles. The van der Waals surface area contributed by atoms with E-state index in [1.807, 2.05) is 6.07 Å². The fraction of sp³-hybridized carbons (Fsp3) is 0.333. The molecule has 1 aromatic rings. The van der Waals surface area contributed by atoms with E-state index in [1.54, 1.807) is 12.1 Å². The summed E-state index contributed by atoms with van der Waals surface area (Å²) >= 11 is 0. The van der Waals surface area contributed by atoms with Gasteiger partial charge in [-0.15, -0.1) is 0 Å². The van der Waals surface area contributed by atoms with Crippen molar-refractivity contribution in [2.45, 2.75) is 6.42 Å². The minimum atomic E-state index is -0.820. The Kier molecular flexibility index (Phi) is 2.24. The van der Waals surface area contributed by atoms with Crippen LogP contribution in [0.1, 0.15) is 12.0 Å². The summed E-state index contributed by atoms with van der Waals surface area (Å²) in [4.78, 5) is 15.4. The predicted molar refractivity (Wildman–Crippen MR) is 59.7 cm³/mol. The van der Waals surface area contributed by atoms with E-state index < -0.39 is 11.9 Å². The van der Waals surface area contributed by atoms with E-state index >= 15 is 0 Å². The summed E-state index contributed by atoms with van der Waals surface area (Å²) in [6, 6.07) is 5.41. The first-order chi connectivity index (χ1) is 8.25. The summed E-state index contributed by atoms with van der Waals surface area (Å²) in [5.41, 5.74) is 1.44. The highest BCUT2D eigenvalue weighted by molar-refractivity contribution is 6.12. The molecular formula is C12H11NO4. The zero-order valence-corrected chi connectivity index (χ0v) is 9.05. The van der Waals surface area contributed by atoms with Gasteiger partial charge in [0.05, 0.1) is 5.71 Å². The number of hydrogen-bond acceptors (Lipinski definition) is 4. The molecule has 1 aromatic carbocycles. The Labute approximate surface area is 97.7 Å². The Hall–Kier alpha value is -2.04. The van der Waals surface area contributed by atoms with Crippen LogP contribution in [0.25, 0.3) is 0 Å². The third kappa shape index (κ3) is 1.63. The summed E-state index contributed by atoms with van der Waals surface area (Å²) in [5.74, 6) is 0.0229. The summed E-state index contributed by atoms with van der Waals surface area (Å²) < 4.78 is 10.5. The number of ether oxygens (including phenoxy) is 2. The van der Waals surface area contributed by atoms with Crippen LogP contribution in [0.4, 0.5) is 0 Å². The molecule has 0 saturated carbocycles. The first-order valence-corrected chi connectivity index (χ1v) is 5.43. The monoisotopic (exact) mass is 233 g/mol. The maximum Gasteiger partial charge on any atom is 0.312 e. The van der Waals surface area contributed by atoms with Crippen molar-refractivity contribution in [3.05, 3.63) is 23.8 Å². The molecule has 0 amide bonds. The topological polar surface area (TPSA) is 68.1 Å². The molecule has 1 N–H and O–H groups in total. The second kappa shape index (κ2) is 3.76. The number of carboxylic acids is 1. The molecule has 2 heterocycles. The van der Waals surface area contributed by atoms with Gasteiger partial charge in [-0.05, 0) is 24.6 Å². The molecule has 0 aromatic heterocycles. The zero-order chi connectivity index (χ0) is 11.8. The van der Waals surface area contributed by atoms with Gasteiger partial charge in [0.15, 0.2) is 11.5 Å². The van der Waals surface area contributed by atoms with Crippen LogP contribution >= 0.6 is 0 Å². The molecule has 5 heteroatoms. The largest absolute Gasteiger partial charge is 0.481 e. The van der Waals surface area contributed by atoms with Crippen molar-refractivity contribution < 1.29 is 19.4 Å². The Morgan fingerprint density at radius 2 is 2.18 bits per heavy atom. The molecule has 3 rings (SSSR count). The first kappa shape index (κ1) is 10.1. The van der Waals surface area contributed by atoms with E-state index in [9.17, 15) is 4.79 Å². The molecule has 0 aliphatic carbocycles. The second-order valence-corrected chi connectivity index (χ2v) is 4.01. The van der Waals surface area contributed by atoms with Crippen molar-refractivity contribution in [1.29, 1.82) is 0 Å². The minimum absolute atomic E-state index is 0.216. The molecule has 0 radical (unpaired) electrons. The molecule has 2 aliphatic rings. The number of hydrogen-bond donors (Lipinski definition) is 1. The van der Waals surface area contributed by atoms with Crippen LogP contribution in [0.3, 0.4) is 0 Å². The molecule has 1 atom stereocenters.